The van der Waals surface area contributed by atoms with E-state index in [0.717, 1.165) is 10.4 Å². The van der Waals surface area contributed by atoms with Gasteiger partial charge in [0.25, 0.3) is 11.6 Å². The van der Waals surface area contributed by atoms with Gasteiger partial charge in [-0.1, -0.05) is 48.0 Å². The molecule has 0 radical (unpaired) electrons. The summed E-state index contributed by atoms with van der Waals surface area (Å²) in [6.45, 7) is 3.94. The first-order chi connectivity index (χ1) is 13.5. The van der Waals surface area contributed by atoms with Crippen molar-refractivity contribution in [3.63, 3.8) is 0 Å². The molecule has 6 nitrogen and oxygen atoms in total. The zero-order valence-corrected chi connectivity index (χ0v) is 16.5. The molecule has 0 aliphatic rings. The van der Waals surface area contributed by atoms with Crippen LogP contribution in [0.1, 0.15) is 27.6 Å². The monoisotopic (exact) mass is 396 g/mol. The topological polar surface area (TPSA) is 88.8 Å². The maximum Gasteiger partial charge on any atom is 0.293 e. The van der Waals surface area contributed by atoms with E-state index in [1.165, 1.54) is 11.6 Å². The summed E-state index contributed by atoms with van der Waals surface area (Å²) >= 11 is 1.64. The fourth-order valence-electron chi connectivity index (χ4n) is 3.04. The normalized spacial score (nSPS) is 11.8. The Balaban J connectivity index is 1.75. The Hall–Kier alpha value is -3.03. The van der Waals surface area contributed by atoms with Gasteiger partial charge in [0.15, 0.2) is 6.54 Å². The first-order valence-electron chi connectivity index (χ1n) is 8.93. The molecule has 3 rings (SSSR count). The maximum absolute atomic E-state index is 12.5. The maximum atomic E-state index is 12.5. The van der Waals surface area contributed by atoms with Gasteiger partial charge in [0.05, 0.1) is 9.80 Å². The standard InChI is InChI=1S/C21H21N3O3S/c1-14-8-10-16(11-9-14)21(18-7-4-12-28-18)22-13-19(25)23-20-15(2)5-3-6-17(20)24(26)27/h3-12,21-22H,13H2,1-2H3,(H,23,25)/p+1/t21-/m0/s1. The number of nitrogens with one attached hydrogen (secondary N) is 1. The molecule has 0 saturated carbocycles. The van der Waals surface area contributed by atoms with Crippen LogP contribution < -0.4 is 10.6 Å². The Morgan fingerprint density at radius 3 is 2.54 bits per heavy atom. The summed E-state index contributed by atoms with van der Waals surface area (Å²) in [6, 6.07) is 17.0. The Morgan fingerprint density at radius 2 is 1.89 bits per heavy atom. The van der Waals surface area contributed by atoms with Crippen LogP contribution in [-0.4, -0.2) is 17.4 Å². The summed E-state index contributed by atoms with van der Waals surface area (Å²) in [5.41, 5.74) is 3.12. The van der Waals surface area contributed by atoms with Crippen molar-refractivity contribution >= 4 is 28.6 Å². The van der Waals surface area contributed by atoms with E-state index in [-0.39, 0.29) is 29.9 Å². The molecule has 1 heterocycles. The van der Waals surface area contributed by atoms with Gasteiger partial charge in [-0.05, 0) is 30.9 Å². The van der Waals surface area contributed by atoms with Crippen molar-refractivity contribution in [2.45, 2.75) is 19.9 Å². The summed E-state index contributed by atoms with van der Waals surface area (Å²) in [4.78, 5) is 24.4. The summed E-state index contributed by atoms with van der Waals surface area (Å²) in [5, 5.41) is 17.9. The van der Waals surface area contributed by atoms with Gasteiger partial charge >= 0.3 is 0 Å². The molecular formula is C21H22N3O3S+. The Kier molecular flexibility index (Phi) is 6.18. The van der Waals surface area contributed by atoms with Crippen LogP contribution in [0.25, 0.3) is 0 Å². The molecule has 3 N–H and O–H groups in total. The number of carbonyl (C=O) groups is 1. The summed E-state index contributed by atoms with van der Waals surface area (Å²) in [7, 11) is 0. The van der Waals surface area contributed by atoms with Crippen molar-refractivity contribution < 1.29 is 15.0 Å². The molecule has 0 unspecified atom stereocenters. The van der Waals surface area contributed by atoms with E-state index in [0.29, 0.717) is 5.56 Å². The number of hydrogen-bond donors (Lipinski definition) is 2. The van der Waals surface area contributed by atoms with E-state index in [2.05, 4.69) is 35.6 Å². The van der Waals surface area contributed by atoms with E-state index in [4.69, 9.17) is 0 Å². The first-order valence-corrected chi connectivity index (χ1v) is 9.81. The van der Waals surface area contributed by atoms with E-state index in [9.17, 15) is 14.9 Å². The highest BCUT2D eigenvalue weighted by Crippen LogP contribution is 2.27. The number of amides is 1. The smallest absolute Gasteiger partial charge is 0.293 e. The third kappa shape index (κ3) is 4.62. The highest BCUT2D eigenvalue weighted by atomic mass is 32.1. The van der Waals surface area contributed by atoms with Crippen LogP contribution in [0.3, 0.4) is 0 Å². The largest absolute Gasteiger partial charge is 0.328 e. The summed E-state index contributed by atoms with van der Waals surface area (Å²) in [6.07, 6.45) is 0. The third-order valence-corrected chi connectivity index (χ3v) is 5.49. The zero-order valence-electron chi connectivity index (χ0n) is 15.7. The molecule has 7 heteroatoms. The van der Waals surface area contributed by atoms with E-state index >= 15 is 0 Å². The lowest BCUT2D eigenvalue weighted by Gasteiger charge is -2.15. The number of nitro benzene ring substituents is 1. The van der Waals surface area contributed by atoms with Gasteiger partial charge in [0, 0.05) is 11.6 Å². The van der Waals surface area contributed by atoms with Gasteiger partial charge in [-0.15, -0.1) is 11.3 Å². The molecule has 144 valence electrons. The van der Waals surface area contributed by atoms with E-state index in [1.807, 2.05) is 23.7 Å². The molecule has 0 aliphatic carbocycles. The van der Waals surface area contributed by atoms with Gasteiger partial charge in [-0.25, -0.2) is 0 Å². The highest BCUT2D eigenvalue weighted by Gasteiger charge is 2.22. The number of anilines is 1. The van der Waals surface area contributed by atoms with Crippen LogP contribution >= 0.6 is 11.3 Å². The van der Waals surface area contributed by atoms with Gasteiger partial charge in [0.1, 0.15) is 11.7 Å². The molecule has 0 aliphatic heterocycles. The molecule has 28 heavy (non-hydrogen) atoms. The van der Waals surface area contributed by atoms with Crippen molar-refractivity contribution in [2.75, 3.05) is 11.9 Å². The molecular weight excluding hydrogens is 374 g/mol. The average Bonchev–Trinajstić information content (AvgIpc) is 3.19. The van der Waals surface area contributed by atoms with Crippen LogP contribution in [-0.2, 0) is 4.79 Å². The molecule has 3 aromatic rings. The third-order valence-electron chi connectivity index (χ3n) is 4.54. The predicted molar refractivity (Wildman–Crippen MR) is 111 cm³/mol. The fourth-order valence-corrected chi connectivity index (χ4v) is 3.89. The van der Waals surface area contributed by atoms with Crippen molar-refractivity contribution in [1.29, 1.82) is 0 Å². The molecule has 0 spiro atoms. The first kappa shape index (κ1) is 19.7. The summed E-state index contributed by atoms with van der Waals surface area (Å²) < 4.78 is 0. The van der Waals surface area contributed by atoms with Crippen LogP contribution in [0, 0.1) is 24.0 Å². The lowest BCUT2D eigenvalue weighted by Crippen LogP contribution is -2.87. The molecule has 0 fully saturated rings. The molecule has 1 aromatic heterocycles. The number of hydrogen-bond acceptors (Lipinski definition) is 4. The zero-order chi connectivity index (χ0) is 20.1. The Morgan fingerprint density at radius 1 is 1.14 bits per heavy atom. The minimum Gasteiger partial charge on any atom is -0.328 e. The van der Waals surface area contributed by atoms with Crippen LogP contribution in [0.2, 0.25) is 0 Å². The Labute approximate surface area is 167 Å². The quantitative estimate of drug-likeness (QED) is 0.473. The second-order valence-electron chi connectivity index (χ2n) is 6.62. The number of rotatable bonds is 7. The van der Waals surface area contributed by atoms with Crippen molar-refractivity contribution in [2.24, 2.45) is 0 Å². The van der Waals surface area contributed by atoms with Gasteiger partial charge in [-0.3, -0.25) is 14.9 Å². The second kappa shape index (κ2) is 8.77. The Bertz CT molecular complexity index is 969. The molecule has 1 atom stereocenters. The van der Waals surface area contributed by atoms with Gasteiger partial charge in [-0.2, -0.15) is 0 Å². The predicted octanol–water partition coefficient (Wildman–Crippen LogP) is 3.56. The lowest BCUT2D eigenvalue weighted by molar-refractivity contribution is -0.675. The SMILES string of the molecule is Cc1ccc([C@H]([NH2+]CC(=O)Nc2c(C)cccc2[N+](=O)[O-])c2cccs2)cc1. The molecule has 0 bridgehead atoms. The number of nitro groups is 1. The lowest BCUT2D eigenvalue weighted by atomic mass is 10.0. The number of carbonyl (C=O) groups excluding carboxylic acids is 1. The fraction of sp³-hybridized carbons (Fsp3) is 0.190. The van der Waals surface area contributed by atoms with Gasteiger partial charge < -0.3 is 10.6 Å². The van der Waals surface area contributed by atoms with E-state index < -0.39 is 4.92 Å². The molecule has 2 aromatic carbocycles. The number of aryl methyl sites for hydroxylation is 2. The minimum atomic E-state index is -0.479. The molecule has 1 amide bonds. The molecule has 0 saturated heterocycles. The second-order valence-corrected chi connectivity index (χ2v) is 7.60. The van der Waals surface area contributed by atoms with Crippen LogP contribution in [0.15, 0.2) is 60.0 Å². The van der Waals surface area contributed by atoms with Crippen LogP contribution in [0.4, 0.5) is 11.4 Å². The average molecular weight is 396 g/mol. The number of thiophene rings is 1. The van der Waals surface area contributed by atoms with Crippen molar-refractivity contribution in [1.82, 2.24) is 0 Å². The number of benzene rings is 2. The van der Waals surface area contributed by atoms with Crippen LogP contribution in [0.5, 0.6) is 0 Å². The number of quaternary nitrogens is 1. The van der Waals surface area contributed by atoms with Crippen molar-refractivity contribution in [3.8, 4) is 0 Å². The minimum absolute atomic E-state index is 0.00166. The van der Waals surface area contributed by atoms with E-state index in [1.54, 1.807) is 30.4 Å². The van der Waals surface area contributed by atoms with Gasteiger partial charge in [0.2, 0.25) is 0 Å². The summed E-state index contributed by atoms with van der Waals surface area (Å²) in [5.74, 6) is -0.272. The highest BCUT2D eigenvalue weighted by molar-refractivity contribution is 7.10. The van der Waals surface area contributed by atoms with Crippen molar-refractivity contribution in [3.05, 3.63) is 91.7 Å². The number of para-hydroxylation sites is 1. The number of nitrogens with zero attached hydrogens (tertiary/aromatic N) is 1. The number of nitrogens with two attached hydrogens (primary N) is 1.